The lowest BCUT2D eigenvalue weighted by molar-refractivity contribution is -0.134. The highest BCUT2D eigenvalue weighted by Crippen LogP contribution is 2.19. The number of nitrogens with zero attached hydrogens (tertiary/aromatic N) is 3. The van der Waals surface area contributed by atoms with E-state index in [4.69, 9.17) is 0 Å². The van der Waals surface area contributed by atoms with Gasteiger partial charge in [-0.1, -0.05) is 18.2 Å². The number of carbonyl (C=O) groups is 2. The van der Waals surface area contributed by atoms with Crippen LogP contribution in [0.4, 0.5) is 0 Å². The zero-order chi connectivity index (χ0) is 21.3. The minimum atomic E-state index is -3.02. The van der Waals surface area contributed by atoms with Crippen molar-refractivity contribution in [3.8, 4) is 0 Å². The van der Waals surface area contributed by atoms with Crippen LogP contribution in [-0.2, 0) is 14.6 Å². The molecular weight excluding hydrogens is 404 g/mol. The van der Waals surface area contributed by atoms with Crippen molar-refractivity contribution in [1.29, 1.82) is 0 Å². The predicted octanol–water partition coefficient (Wildman–Crippen LogP) is 0.961. The summed E-state index contributed by atoms with van der Waals surface area (Å²) >= 11 is 0. The molecule has 3 heterocycles. The van der Waals surface area contributed by atoms with E-state index in [1.54, 1.807) is 4.90 Å². The van der Waals surface area contributed by atoms with Crippen LogP contribution >= 0.6 is 0 Å². The molecule has 0 radical (unpaired) electrons. The highest BCUT2D eigenvalue weighted by molar-refractivity contribution is 7.91. The fourth-order valence-corrected chi connectivity index (χ4v) is 6.14. The van der Waals surface area contributed by atoms with Crippen molar-refractivity contribution < 1.29 is 18.0 Å². The van der Waals surface area contributed by atoms with E-state index in [0.717, 1.165) is 10.9 Å². The molecule has 4 rings (SSSR count). The average molecular weight is 433 g/mol. The van der Waals surface area contributed by atoms with Gasteiger partial charge in [-0.25, -0.2) is 8.42 Å². The first-order chi connectivity index (χ1) is 14.4. The molecular formula is C21H28N4O4S. The summed E-state index contributed by atoms with van der Waals surface area (Å²) in [5.74, 6) is 0.175. The van der Waals surface area contributed by atoms with Crippen molar-refractivity contribution in [2.75, 3.05) is 50.8 Å². The Morgan fingerprint density at radius 1 is 1.17 bits per heavy atom. The maximum Gasteiger partial charge on any atom is 0.270 e. The Bertz CT molecular complexity index is 1010. The summed E-state index contributed by atoms with van der Waals surface area (Å²) in [6, 6.07) is 9.47. The van der Waals surface area contributed by atoms with Gasteiger partial charge in [0, 0.05) is 49.7 Å². The number of nitrogens with one attached hydrogen (secondary N) is 1. The van der Waals surface area contributed by atoms with Gasteiger partial charge in [0.2, 0.25) is 5.91 Å². The molecule has 2 aliphatic rings. The van der Waals surface area contributed by atoms with Gasteiger partial charge >= 0.3 is 0 Å². The molecule has 1 aromatic carbocycles. The number of fused-ring (bicyclic) bond motifs is 1. The van der Waals surface area contributed by atoms with Gasteiger partial charge in [-0.3, -0.25) is 14.5 Å². The second-order valence-corrected chi connectivity index (χ2v) is 10.3. The molecule has 1 unspecified atom stereocenters. The van der Waals surface area contributed by atoms with Crippen LogP contribution in [0.15, 0.2) is 30.3 Å². The SMILES string of the molecule is CCN(C(=O)CN1CCN(C(=O)c2cc3ccccc3[nH]2)CC1)C1CCS(=O)(=O)C1. The van der Waals surface area contributed by atoms with Gasteiger partial charge < -0.3 is 14.8 Å². The third-order valence-corrected chi connectivity index (χ3v) is 7.84. The van der Waals surface area contributed by atoms with E-state index in [2.05, 4.69) is 4.98 Å². The third kappa shape index (κ3) is 4.37. The van der Waals surface area contributed by atoms with Gasteiger partial charge in [-0.15, -0.1) is 0 Å². The number of hydrogen-bond acceptors (Lipinski definition) is 5. The standard InChI is InChI=1S/C21H28N4O4S/c1-2-25(17-7-12-30(28,29)15-17)20(26)14-23-8-10-24(11-9-23)21(27)19-13-16-5-3-4-6-18(16)22-19/h3-6,13,17,22H,2,7-12,14-15H2,1H3. The van der Waals surface area contributed by atoms with E-state index in [1.165, 1.54) is 0 Å². The van der Waals surface area contributed by atoms with Crippen molar-refractivity contribution in [3.05, 3.63) is 36.0 Å². The van der Waals surface area contributed by atoms with Gasteiger partial charge in [0.25, 0.3) is 5.91 Å². The molecule has 9 heteroatoms. The number of aromatic amines is 1. The van der Waals surface area contributed by atoms with Crippen LogP contribution in [0.2, 0.25) is 0 Å². The van der Waals surface area contributed by atoms with E-state index in [1.807, 2.05) is 47.1 Å². The number of likely N-dealkylation sites (N-methyl/N-ethyl adjacent to an activating group) is 1. The fourth-order valence-electron chi connectivity index (χ4n) is 4.41. The normalized spacial score (nSPS) is 21.8. The molecule has 0 aliphatic carbocycles. The summed E-state index contributed by atoms with van der Waals surface area (Å²) in [6.45, 7) is 5.03. The second kappa shape index (κ2) is 8.39. The predicted molar refractivity (Wildman–Crippen MR) is 115 cm³/mol. The summed E-state index contributed by atoms with van der Waals surface area (Å²) in [7, 11) is -3.02. The van der Waals surface area contributed by atoms with Crippen LogP contribution in [0.3, 0.4) is 0 Å². The van der Waals surface area contributed by atoms with Crippen LogP contribution in [0.5, 0.6) is 0 Å². The molecule has 0 saturated carbocycles. The number of amides is 2. The summed E-state index contributed by atoms with van der Waals surface area (Å²) < 4.78 is 23.5. The van der Waals surface area contributed by atoms with Crippen LogP contribution in [0.25, 0.3) is 10.9 Å². The smallest absolute Gasteiger partial charge is 0.270 e. The lowest BCUT2D eigenvalue weighted by Crippen LogP contribution is -2.52. The van der Waals surface area contributed by atoms with Crippen LogP contribution in [0.1, 0.15) is 23.8 Å². The number of para-hydroxylation sites is 1. The molecule has 162 valence electrons. The number of carbonyl (C=O) groups excluding carboxylic acids is 2. The molecule has 2 fully saturated rings. The van der Waals surface area contributed by atoms with E-state index in [0.29, 0.717) is 44.8 Å². The van der Waals surface area contributed by atoms with Crippen molar-refractivity contribution in [1.82, 2.24) is 19.7 Å². The zero-order valence-corrected chi connectivity index (χ0v) is 18.0. The molecule has 2 amide bonds. The van der Waals surface area contributed by atoms with Crippen LogP contribution in [-0.4, -0.2) is 96.7 Å². The lowest BCUT2D eigenvalue weighted by Gasteiger charge is -2.36. The Hall–Kier alpha value is -2.39. The first-order valence-electron chi connectivity index (χ1n) is 10.5. The summed E-state index contributed by atoms with van der Waals surface area (Å²) in [5, 5.41) is 1.01. The largest absolute Gasteiger partial charge is 0.351 e. The number of aromatic nitrogens is 1. The Morgan fingerprint density at radius 2 is 1.90 bits per heavy atom. The first-order valence-corrected chi connectivity index (χ1v) is 12.3. The van der Waals surface area contributed by atoms with Gasteiger partial charge in [-0.05, 0) is 25.5 Å². The van der Waals surface area contributed by atoms with E-state index in [9.17, 15) is 18.0 Å². The Kier molecular flexibility index (Phi) is 5.84. The van der Waals surface area contributed by atoms with E-state index in [-0.39, 0.29) is 35.9 Å². The Balaban J connectivity index is 1.31. The minimum absolute atomic E-state index is 0.0245. The zero-order valence-electron chi connectivity index (χ0n) is 17.2. The highest BCUT2D eigenvalue weighted by atomic mass is 32.2. The number of H-pyrrole nitrogens is 1. The van der Waals surface area contributed by atoms with Crippen molar-refractivity contribution >= 4 is 32.6 Å². The van der Waals surface area contributed by atoms with Crippen molar-refractivity contribution in [3.63, 3.8) is 0 Å². The van der Waals surface area contributed by atoms with Gasteiger partial charge in [0.15, 0.2) is 9.84 Å². The molecule has 1 N–H and O–H groups in total. The summed E-state index contributed by atoms with van der Waals surface area (Å²) in [4.78, 5) is 34.4. The molecule has 2 aromatic rings. The monoisotopic (exact) mass is 432 g/mol. The number of sulfone groups is 1. The number of benzene rings is 1. The van der Waals surface area contributed by atoms with Gasteiger partial charge in [-0.2, -0.15) is 0 Å². The number of rotatable bonds is 5. The maximum atomic E-state index is 12.8. The Labute approximate surface area is 176 Å². The topological polar surface area (TPSA) is 93.8 Å². The van der Waals surface area contributed by atoms with Crippen molar-refractivity contribution in [2.45, 2.75) is 19.4 Å². The minimum Gasteiger partial charge on any atom is -0.351 e. The van der Waals surface area contributed by atoms with Crippen LogP contribution < -0.4 is 0 Å². The fraction of sp³-hybridized carbons (Fsp3) is 0.524. The highest BCUT2D eigenvalue weighted by Gasteiger charge is 2.34. The maximum absolute atomic E-state index is 12.8. The molecule has 2 aliphatic heterocycles. The second-order valence-electron chi connectivity index (χ2n) is 8.08. The van der Waals surface area contributed by atoms with Gasteiger partial charge in [0.05, 0.1) is 18.1 Å². The first kappa shape index (κ1) is 20.9. The number of piperazine rings is 1. The number of hydrogen-bond donors (Lipinski definition) is 1. The van der Waals surface area contributed by atoms with Crippen molar-refractivity contribution in [2.24, 2.45) is 0 Å². The van der Waals surface area contributed by atoms with Gasteiger partial charge in [0.1, 0.15) is 5.69 Å². The van der Waals surface area contributed by atoms with Crippen LogP contribution in [0, 0.1) is 0 Å². The Morgan fingerprint density at radius 3 is 2.53 bits per heavy atom. The molecule has 1 atom stereocenters. The molecule has 2 saturated heterocycles. The molecule has 0 bridgehead atoms. The molecule has 30 heavy (non-hydrogen) atoms. The summed E-state index contributed by atoms with van der Waals surface area (Å²) in [5.41, 5.74) is 1.53. The third-order valence-electron chi connectivity index (χ3n) is 6.09. The molecule has 0 spiro atoms. The van der Waals surface area contributed by atoms with E-state index < -0.39 is 9.84 Å². The summed E-state index contributed by atoms with van der Waals surface area (Å²) in [6.07, 6.45) is 0.523. The quantitative estimate of drug-likeness (QED) is 0.760. The lowest BCUT2D eigenvalue weighted by atomic mass is 10.2. The van der Waals surface area contributed by atoms with E-state index >= 15 is 0 Å². The average Bonchev–Trinajstić information content (AvgIpc) is 3.31. The molecule has 1 aromatic heterocycles. The molecule has 8 nitrogen and oxygen atoms in total.